The van der Waals surface area contributed by atoms with Gasteiger partial charge >= 0.3 is 0 Å². The molecule has 0 atom stereocenters. The number of hydrogen-bond donors (Lipinski definition) is 2. The molecule has 164 valence electrons. The monoisotopic (exact) mass is 518 g/mol. The molecule has 0 radical (unpaired) electrons. The van der Waals surface area contributed by atoms with E-state index in [1.807, 2.05) is 13.0 Å². The van der Waals surface area contributed by atoms with Gasteiger partial charge in [-0.25, -0.2) is 4.39 Å². The number of ether oxygens (including phenoxy) is 1. The Hall–Kier alpha value is -0.930. The highest BCUT2D eigenvalue weighted by Crippen LogP contribution is 2.31. The topological polar surface area (TPSA) is 48.9 Å². The molecule has 2 saturated heterocycles. The van der Waals surface area contributed by atoms with Gasteiger partial charge in [0.05, 0.1) is 6.54 Å². The van der Waals surface area contributed by atoms with Crippen molar-refractivity contribution in [1.29, 1.82) is 0 Å². The summed E-state index contributed by atoms with van der Waals surface area (Å²) in [6.07, 6.45) is 5.56. The lowest BCUT2D eigenvalue weighted by molar-refractivity contribution is -0.0139. The molecule has 0 bridgehead atoms. The molecule has 7 heteroatoms. The molecule has 2 N–H and O–H groups in total. The number of likely N-dealkylation sites (tertiary alicyclic amines) is 1. The van der Waals surface area contributed by atoms with Gasteiger partial charge in [0.2, 0.25) is 0 Å². The van der Waals surface area contributed by atoms with Crippen LogP contribution in [0.2, 0.25) is 0 Å². The van der Waals surface area contributed by atoms with E-state index in [2.05, 4.69) is 22.5 Å². The first-order chi connectivity index (χ1) is 13.6. The van der Waals surface area contributed by atoms with Gasteiger partial charge < -0.3 is 15.4 Å². The zero-order valence-corrected chi connectivity index (χ0v) is 20.1. The summed E-state index contributed by atoms with van der Waals surface area (Å²) in [5, 5.41) is 6.82. The van der Waals surface area contributed by atoms with Gasteiger partial charge in [0, 0.05) is 31.8 Å². The predicted molar refractivity (Wildman–Crippen MR) is 128 cm³/mol. The van der Waals surface area contributed by atoms with Gasteiger partial charge in [-0.15, -0.1) is 24.0 Å². The van der Waals surface area contributed by atoms with Crippen LogP contribution in [-0.2, 0) is 11.2 Å². The van der Waals surface area contributed by atoms with Crippen LogP contribution in [0.4, 0.5) is 4.39 Å². The molecule has 2 fully saturated rings. The van der Waals surface area contributed by atoms with Gasteiger partial charge in [-0.1, -0.05) is 6.07 Å². The highest BCUT2D eigenvalue weighted by atomic mass is 127. The SMILES string of the molecule is CCNC(=NCC1(N2CCCC2)CCOCC1)NCCc1ccc(F)cc1C.I. The van der Waals surface area contributed by atoms with Crippen molar-refractivity contribution in [1.82, 2.24) is 15.5 Å². The summed E-state index contributed by atoms with van der Waals surface area (Å²) in [6, 6.07) is 5.01. The van der Waals surface area contributed by atoms with Crippen LogP contribution in [0.3, 0.4) is 0 Å². The summed E-state index contributed by atoms with van der Waals surface area (Å²) >= 11 is 0. The molecular weight excluding hydrogens is 482 g/mol. The summed E-state index contributed by atoms with van der Waals surface area (Å²) < 4.78 is 18.9. The smallest absolute Gasteiger partial charge is 0.191 e. The molecule has 2 aliphatic heterocycles. The fourth-order valence-corrected chi connectivity index (χ4v) is 4.34. The van der Waals surface area contributed by atoms with E-state index in [-0.39, 0.29) is 35.3 Å². The summed E-state index contributed by atoms with van der Waals surface area (Å²) in [4.78, 5) is 7.60. The average Bonchev–Trinajstić information content (AvgIpc) is 3.24. The third-order valence-electron chi connectivity index (χ3n) is 6.07. The molecule has 1 aromatic carbocycles. The van der Waals surface area contributed by atoms with Crippen LogP contribution >= 0.6 is 24.0 Å². The van der Waals surface area contributed by atoms with E-state index in [1.165, 1.54) is 37.6 Å². The zero-order chi connectivity index (χ0) is 19.8. The first kappa shape index (κ1) is 24.3. The minimum absolute atomic E-state index is 0. The minimum atomic E-state index is -0.173. The Balaban J connectivity index is 0.00000300. The lowest BCUT2D eigenvalue weighted by atomic mass is 9.88. The van der Waals surface area contributed by atoms with Gasteiger partial charge in [-0.3, -0.25) is 9.89 Å². The van der Waals surface area contributed by atoms with E-state index < -0.39 is 0 Å². The van der Waals surface area contributed by atoms with Gasteiger partial charge in [0.25, 0.3) is 0 Å². The average molecular weight is 518 g/mol. The Morgan fingerprint density at radius 3 is 2.59 bits per heavy atom. The molecule has 0 aliphatic carbocycles. The number of halogens is 2. The largest absolute Gasteiger partial charge is 0.381 e. The van der Waals surface area contributed by atoms with Crippen LogP contribution in [0, 0.1) is 12.7 Å². The summed E-state index contributed by atoms with van der Waals surface area (Å²) in [5.74, 6) is 0.695. The number of hydrogen-bond acceptors (Lipinski definition) is 3. The number of benzene rings is 1. The van der Waals surface area contributed by atoms with Crippen molar-refractivity contribution in [3.05, 3.63) is 35.1 Å². The highest BCUT2D eigenvalue weighted by molar-refractivity contribution is 14.0. The van der Waals surface area contributed by atoms with Crippen molar-refractivity contribution in [2.24, 2.45) is 4.99 Å². The lowest BCUT2D eigenvalue weighted by Crippen LogP contribution is -2.54. The van der Waals surface area contributed by atoms with Crippen LogP contribution in [-0.4, -0.2) is 62.3 Å². The number of guanidine groups is 1. The quantitative estimate of drug-likeness (QED) is 0.330. The molecular formula is C22H36FIN4O. The standard InChI is InChI=1S/C22H35FN4O.HI/c1-3-24-21(25-11-8-19-6-7-20(23)16-18(19)2)26-17-22(9-14-28-15-10-22)27-12-4-5-13-27;/h6-7,16H,3-5,8-15,17H2,1-2H3,(H2,24,25,26);1H. The second-order valence-electron chi connectivity index (χ2n) is 7.97. The number of nitrogens with zero attached hydrogens (tertiary/aromatic N) is 2. The number of nitrogens with one attached hydrogen (secondary N) is 2. The minimum Gasteiger partial charge on any atom is -0.381 e. The highest BCUT2D eigenvalue weighted by Gasteiger charge is 2.39. The lowest BCUT2D eigenvalue weighted by Gasteiger charge is -2.43. The van der Waals surface area contributed by atoms with Crippen molar-refractivity contribution in [3.63, 3.8) is 0 Å². The molecule has 1 aromatic rings. The Bertz CT molecular complexity index is 658. The fourth-order valence-electron chi connectivity index (χ4n) is 4.34. The molecule has 0 unspecified atom stereocenters. The maximum absolute atomic E-state index is 13.3. The molecule has 0 spiro atoms. The van der Waals surface area contributed by atoms with Crippen molar-refractivity contribution in [3.8, 4) is 0 Å². The molecule has 0 saturated carbocycles. The first-order valence-corrected chi connectivity index (χ1v) is 10.7. The normalized spacial score (nSPS) is 19.6. The van der Waals surface area contributed by atoms with Crippen LogP contribution in [0.1, 0.15) is 43.7 Å². The number of rotatable bonds is 7. The molecule has 2 heterocycles. The Labute approximate surface area is 191 Å². The Kier molecular flexibility index (Phi) is 10.1. The van der Waals surface area contributed by atoms with E-state index in [1.54, 1.807) is 6.07 Å². The fraction of sp³-hybridized carbons (Fsp3) is 0.682. The van der Waals surface area contributed by atoms with Gasteiger partial charge in [0.15, 0.2) is 5.96 Å². The van der Waals surface area contributed by atoms with Crippen LogP contribution in [0.5, 0.6) is 0 Å². The zero-order valence-electron chi connectivity index (χ0n) is 17.8. The summed E-state index contributed by atoms with van der Waals surface area (Å²) in [5.41, 5.74) is 2.31. The van der Waals surface area contributed by atoms with Crippen LogP contribution in [0.25, 0.3) is 0 Å². The molecule has 29 heavy (non-hydrogen) atoms. The van der Waals surface area contributed by atoms with Crippen molar-refractivity contribution in [2.45, 2.75) is 51.5 Å². The van der Waals surface area contributed by atoms with Crippen LogP contribution in [0.15, 0.2) is 23.2 Å². The maximum atomic E-state index is 13.3. The Morgan fingerprint density at radius 2 is 1.93 bits per heavy atom. The van der Waals surface area contributed by atoms with E-state index in [9.17, 15) is 4.39 Å². The maximum Gasteiger partial charge on any atom is 0.191 e. The molecule has 0 amide bonds. The van der Waals surface area contributed by atoms with Gasteiger partial charge in [-0.05, 0) is 82.3 Å². The predicted octanol–water partition coefficient (Wildman–Crippen LogP) is 3.49. The molecule has 5 nitrogen and oxygen atoms in total. The summed E-state index contributed by atoms with van der Waals surface area (Å²) in [7, 11) is 0. The first-order valence-electron chi connectivity index (χ1n) is 10.7. The van der Waals surface area contributed by atoms with E-state index in [0.29, 0.717) is 0 Å². The molecule has 0 aromatic heterocycles. The third-order valence-corrected chi connectivity index (χ3v) is 6.07. The van der Waals surface area contributed by atoms with Gasteiger partial charge in [-0.2, -0.15) is 0 Å². The van der Waals surface area contributed by atoms with Crippen molar-refractivity contribution < 1.29 is 9.13 Å². The number of aliphatic imine (C=N–C) groups is 1. The second-order valence-corrected chi connectivity index (χ2v) is 7.97. The number of aryl methyl sites for hydroxylation is 1. The third kappa shape index (κ3) is 6.79. The van der Waals surface area contributed by atoms with Crippen molar-refractivity contribution >= 4 is 29.9 Å². The van der Waals surface area contributed by atoms with Crippen molar-refractivity contribution in [2.75, 3.05) is 45.9 Å². The molecule has 3 rings (SSSR count). The van der Waals surface area contributed by atoms with E-state index >= 15 is 0 Å². The van der Waals surface area contributed by atoms with E-state index in [0.717, 1.165) is 63.6 Å². The van der Waals surface area contributed by atoms with Crippen LogP contribution < -0.4 is 10.6 Å². The summed E-state index contributed by atoms with van der Waals surface area (Å²) in [6.45, 7) is 10.5. The molecule has 2 aliphatic rings. The van der Waals surface area contributed by atoms with E-state index in [4.69, 9.17) is 9.73 Å². The second kappa shape index (κ2) is 12.1. The van der Waals surface area contributed by atoms with Gasteiger partial charge in [0.1, 0.15) is 5.82 Å². The Morgan fingerprint density at radius 1 is 1.21 bits per heavy atom.